The van der Waals surface area contributed by atoms with Crippen molar-refractivity contribution in [2.24, 2.45) is 0 Å². The number of rotatable bonds is 4. The minimum absolute atomic E-state index is 0.0756. The van der Waals surface area contributed by atoms with Gasteiger partial charge in [0.05, 0.1) is 0 Å². The Kier molecular flexibility index (Phi) is 4.55. The van der Waals surface area contributed by atoms with Crippen LogP contribution >= 0.6 is 0 Å². The van der Waals surface area contributed by atoms with Crippen molar-refractivity contribution in [3.8, 4) is 0 Å². The smallest absolute Gasteiger partial charge is 0.254 e. The van der Waals surface area contributed by atoms with Crippen LogP contribution in [0.4, 0.5) is 5.69 Å². The van der Waals surface area contributed by atoms with Crippen LogP contribution in [0, 0.1) is 6.92 Å². The molecule has 1 rings (SSSR count). The summed E-state index contributed by atoms with van der Waals surface area (Å²) >= 11 is 0. The van der Waals surface area contributed by atoms with E-state index >= 15 is 0 Å². The third-order valence-electron chi connectivity index (χ3n) is 3.33. The van der Waals surface area contributed by atoms with E-state index in [4.69, 9.17) is 5.73 Å². The number of benzene rings is 1. The predicted molar refractivity (Wildman–Crippen MR) is 72.1 cm³/mol. The van der Waals surface area contributed by atoms with Crippen molar-refractivity contribution < 1.29 is 4.79 Å². The summed E-state index contributed by atoms with van der Waals surface area (Å²) in [6.07, 6.45) is 0.959. The van der Waals surface area contributed by atoms with Gasteiger partial charge >= 0.3 is 0 Å². The van der Waals surface area contributed by atoms with Crippen molar-refractivity contribution in [3.05, 3.63) is 29.3 Å². The molecule has 0 aliphatic heterocycles. The summed E-state index contributed by atoms with van der Waals surface area (Å²) in [6, 6.07) is 5.76. The zero-order chi connectivity index (χ0) is 13.0. The van der Waals surface area contributed by atoms with Crippen LogP contribution < -0.4 is 5.73 Å². The number of hydrogen-bond donors (Lipinski definition) is 1. The van der Waals surface area contributed by atoms with E-state index in [0.717, 1.165) is 18.5 Å². The Balaban J connectivity index is 3.06. The Hall–Kier alpha value is -1.51. The second-order valence-corrected chi connectivity index (χ2v) is 4.37. The summed E-state index contributed by atoms with van der Waals surface area (Å²) in [6.45, 7) is 8.79. The topological polar surface area (TPSA) is 46.3 Å². The normalized spacial score (nSPS) is 12.2. The average molecular weight is 234 g/mol. The number of amides is 1. The number of nitrogen functional groups attached to an aromatic ring is 1. The lowest BCUT2D eigenvalue weighted by atomic mass is 10.0. The maximum absolute atomic E-state index is 12.4. The van der Waals surface area contributed by atoms with Crippen LogP contribution in [0.15, 0.2) is 18.2 Å². The lowest BCUT2D eigenvalue weighted by Crippen LogP contribution is -2.38. The summed E-state index contributed by atoms with van der Waals surface area (Å²) in [5.41, 5.74) is 8.10. The Morgan fingerprint density at radius 3 is 2.59 bits per heavy atom. The zero-order valence-corrected chi connectivity index (χ0v) is 11.2. The molecule has 0 bridgehead atoms. The van der Waals surface area contributed by atoms with E-state index in [1.54, 1.807) is 0 Å². The monoisotopic (exact) mass is 234 g/mol. The molecule has 3 nitrogen and oxygen atoms in total. The molecule has 17 heavy (non-hydrogen) atoms. The van der Waals surface area contributed by atoms with Gasteiger partial charge in [0, 0.05) is 23.8 Å². The van der Waals surface area contributed by atoms with E-state index in [0.29, 0.717) is 11.3 Å². The van der Waals surface area contributed by atoms with Crippen LogP contribution in [0.25, 0.3) is 0 Å². The van der Waals surface area contributed by atoms with Gasteiger partial charge in [0.25, 0.3) is 5.91 Å². The SMILES string of the molecule is CCC(C)N(CC)C(=O)c1cccc(N)c1C. The van der Waals surface area contributed by atoms with E-state index in [-0.39, 0.29) is 11.9 Å². The fourth-order valence-electron chi connectivity index (χ4n) is 1.92. The first-order valence-electron chi connectivity index (χ1n) is 6.18. The van der Waals surface area contributed by atoms with Gasteiger partial charge in [-0.25, -0.2) is 0 Å². The van der Waals surface area contributed by atoms with E-state index < -0.39 is 0 Å². The molecule has 0 aliphatic carbocycles. The molecule has 3 heteroatoms. The molecule has 0 spiro atoms. The Morgan fingerprint density at radius 1 is 1.41 bits per heavy atom. The minimum atomic E-state index is 0.0756. The highest BCUT2D eigenvalue weighted by Gasteiger charge is 2.20. The van der Waals surface area contributed by atoms with Gasteiger partial charge in [-0.1, -0.05) is 13.0 Å². The third kappa shape index (κ3) is 2.78. The third-order valence-corrected chi connectivity index (χ3v) is 3.33. The maximum Gasteiger partial charge on any atom is 0.254 e. The number of nitrogens with zero attached hydrogens (tertiary/aromatic N) is 1. The highest BCUT2D eigenvalue weighted by atomic mass is 16.2. The molecule has 1 amide bonds. The lowest BCUT2D eigenvalue weighted by molar-refractivity contribution is 0.0699. The molecule has 0 saturated heterocycles. The molecule has 0 aromatic heterocycles. The highest BCUT2D eigenvalue weighted by molar-refractivity contribution is 5.97. The van der Waals surface area contributed by atoms with Gasteiger partial charge < -0.3 is 10.6 Å². The molecule has 0 radical (unpaired) electrons. The van der Waals surface area contributed by atoms with Crippen LogP contribution in [-0.4, -0.2) is 23.4 Å². The Labute approximate surface area is 104 Å². The minimum Gasteiger partial charge on any atom is -0.398 e. The van der Waals surface area contributed by atoms with E-state index in [2.05, 4.69) is 13.8 Å². The molecule has 0 heterocycles. The molecule has 1 unspecified atom stereocenters. The van der Waals surface area contributed by atoms with Crippen molar-refractivity contribution >= 4 is 11.6 Å². The van der Waals surface area contributed by atoms with Crippen LogP contribution in [0.3, 0.4) is 0 Å². The lowest BCUT2D eigenvalue weighted by Gasteiger charge is -2.28. The maximum atomic E-state index is 12.4. The van der Waals surface area contributed by atoms with Gasteiger partial charge in [-0.05, 0) is 44.9 Å². The van der Waals surface area contributed by atoms with Gasteiger partial charge in [-0.15, -0.1) is 0 Å². The Bertz CT molecular complexity index is 401. The van der Waals surface area contributed by atoms with E-state index in [1.165, 1.54) is 0 Å². The molecule has 94 valence electrons. The zero-order valence-electron chi connectivity index (χ0n) is 11.2. The van der Waals surface area contributed by atoms with Crippen LogP contribution in [0.1, 0.15) is 43.1 Å². The molecule has 1 aromatic carbocycles. The fourth-order valence-corrected chi connectivity index (χ4v) is 1.92. The second kappa shape index (κ2) is 5.71. The summed E-state index contributed by atoms with van der Waals surface area (Å²) in [5.74, 6) is 0.0756. The Morgan fingerprint density at radius 2 is 2.06 bits per heavy atom. The molecule has 1 aromatic rings. The van der Waals surface area contributed by atoms with Crippen LogP contribution in [0.2, 0.25) is 0 Å². The van der Waals surface area contributed by atoms with Crippen molar-refractivity contribution in [1.82, 2.24) is 4.90 Å². The number of carbonyl (C=O) groups excluding carboxylic acids is 1. The van der Waals surface area contributed by atoms with Gasteiger partial charge in [0.1, 0.15) is 0 Å². The number of nitrogens with two attached hydrogens (primary N) is 1. The largest absolute Gasteiger partial charge is 0.398 e. The van der Waals surface area contributed by atoms with Crippen molar-refractivity contribution in [2.45, 2.75) is 40.2 Å². The standard InChI is InChI=1S/C14H22N2O/c1-5-10(3)16(6-2)14(17)12-8-7-9-13(15)11(12)4/h7-10H,5-6,15H2,1-4H3. The summed E-state index contributed by atoms with van der Waals surface area (Å²) in [4.78, 5) is 14.3. The molecular weight excluding hydrogens is 212 g/mol. The molecular formula is C14H22N2O. The van der Waals surface area contributed by atoms with Crippen molar-refractivity contribution in [2.75, 3.05) is 12.3 Å². The molecule has 0 aliphatic rings. The first-order valence-corrected chi connectivity index (χ1v) is 6.18. The second-order valence-electron chi connectivity index (χ2n) is 4.37. The first-order chi connectivity index (χ1) is 8.02. The quantitative estimate of drug-likeness (QED) is 0.814. The predicted octanol–water partition coefficient (Wildman–Crippen LogP) is 2.84. The molecule has 0 saturated carbocycles. The van der Waals surface area contributed by atoms with Crippen LogP contribution in [0.5, 0.6) is 0 Å². The fraction of sp³-hybridized carbons (Fsp3) is 0.500. The van der Waals surface area contributed by atoms with Gasteiger partial charge in [-0.3, -0.25) is 4.79 Å². The van der Waals surface area contributed by atoms with Crippen molar-refractivity contribution in [1.29, 1.82) is 0 Å². The summed E-state index contributed by atoms with van der Waals surface area (Å²) in [5, 5.41) is 0. The van der Waals surface area contributed by atoms with Gasteiger partial charge in [0.15, 0.2) is 0 Å². The summed E-state index contributed by atoms with van der Waals surface area (Å²) < 4.78 is 0. The highest BCUT2D eigenvalue weighted by Crippen LogP contribution is 2.19. The molecule has 0 fully saturated rings. The van der Waals surface area contributed by atoms with Gasteiger partial charge in [-0.2, -0.15) is 0 Å². The average Bonchev–Trinajstić information content (AvgIpc) is 2.33. The van der Waals surface area contributed by atoms with Gasteiger partial charge in [0.2, 0.25) is 0 Å². The number of hydrogen-bond acceptors (Lipinski definition) is 2. The number of carbonyl (C=O) groups is 1. The number of anilines is 1. The van der Waals surface area contributed by atoms with E-state index in [9.17, 15) is 4.79 Å². The van der Waals surface area contributed by atoms with Crippen molar-refractivity contribution in [3.63, 3.8) is 0 Å². The van der Waals surface area contributed by atoms with E-state index in [1.807, 2.05) is 36.9 Å². The molecule has 1 atom stereocenters. The summed E-state index contributed by atoms with van der Waals surface area (Å²) in [7, 11) is 0. The van der Waals surface area contributed by atoms with Crippen LogP contribution in [-0.2, 0) is 0 Å². The first kappa shape index (κ1) is 13.6. The molecule has 2 N–H and O–H groups in total.